The number of rotatable bonds is 5. The van der Waals surface area contributed by atoms with Crippen molar-refractivity contribution >= 4 is 40.2 Å². The maximum Gasteiger partial charge on any atom is 0.0931 e. The van der Waals surface area contributed by atoms with Crippen LogP contribution in [0.1, 0.15) is 10.4 Å². The molecule has 2 N–H and O–H groups in total. The van der Waals surface area contributed by atoms with Gasteiger partial charge in [-0.3, -0.25) is 0 Å². The first-order valence-electron chi connectivity index (χ1n) is 6.04. The first-order valence-corrected chi connectivity index (χ1v) is 7.62. The van der Waals surface area contributed by atoms with Crippen LogP contribution in [0.3, 0.4) is 0 Å². The average molecular weight is 315 g/mol. The molecular weight excluding hydrogens is 299 g/mol. The summed E-state index contributed by atoms with van der Waals surface area (Å²) in [5.74, 6) is 0. The highest BCUT2D eigenvalue weighted by molar-refractivity contribution is 7.16. The molecule has 0 atom stereocenters. The molecule has 19 heavy (non-hydrogen) atoms. The quantitative estimate of drug-likeness (QED) is 0.896. The van der Waals surface area contributed by atoms with Crippen molar-refractivity contribution < 1.29 is 0 Å². The Labute approximate surface area is 127 Å². The van der Waals surface area contributed by atoms with Crippen molar-refractivity contribution in [3.63, 3.8) is 0 Å². The van der Waals surface area contributed by atoms with Crippen molar-refractivity contribution in [2.45, 2.75) is 13.0 Å². The molecule has 0 fully saturated rings. The first kappa shape index (κ1) is 14.7. The number of anilines is 1. The molecule has 0 aliphatic carbocycles. The van der Waals surface area contributed by atoms with Gasteiger partial charge in [-0.2, -0.15) is 0 Å². The molecule has 0 saturated carbocycles. The zero-order valence-electron chi connectivity index (χ0n) is 10.7. The minimum absolute atomic E-state index is 0.593. The molecule has 0 spiro atoms. The van der Waals surface area contributed by atoms with E-state index in [0.29, 0.717) is 6.54 Å². The Hall–Kier alpha value is -0.740. The van der Waals surface area contributed by atoms with Gasteiger partial charge in [-0.1, -0.05) is 29.3 Å². The predicted octanol–water partition coefficient (Wildman–Crippen LogP) is 4.19. The molecule has 0 bridgehead atoms. The number of nitrogens with two attached hydrogens (primary N) is 1. The molecule has 0 aliphatic rings. The van der Waals surface area contributed by atoms with Crippen molar-refractivity contribution in [2.24, 2.45) is 5.73 Å². The van der Waals surface area contributed by atoms with Crippen molar-refractivity contribution in [3.8, 4) is 0 Å². The summed E-state index contributed by atoms with van der Waals surface area (Å²) < 4.78 is 0.816. The molecule has 1 heterocycles. The van der Waals surface area contributed by atoms with E-state index in [1.165, 1.54) is 4.88 Å². The summed E-state index contributed by atoms with van der Waals surface area (Å²) in [7, 11) is 2.05. The van der Waals surface area contributed by atoms with Gasteiger partial charge in [-0.15, -0.1) is 11.3 Å². The van der Waals surface area contributed by atoms with Gasteiger partial charge in [0.2, 0.25) is 0 Å². The van der Waals surface area contributed by atoms with Gasteiger partial charge in [0, 0.05) is 22.6 Å². The molecule has 2 rings (SSSR count). The fraction of sp³-hybridized carbons (Fsp3) is 0.286. The summed E-state index contributed by atoms with van der Waals surface area (Å²) in [5, 5.41) is 0.777. The van der Waals surface area contributed by atoms with Gasteiger partial charge in [-0.25, -0.2) is 0 Å². The Balaban J connectivity index is 2.23. The largest absolute Gasteiger partial charge is 0.369 e. The fourth-order valence-electron chi connectivity index (χ4n) is 2.05. The lowest BCUT2D eigenvalue weighted by atomic mass is 10.1. The molecule has 0 radical (unpaired) electrons. The minimum atomic E-state index is 0.593. The van der Waals surface area contributed by atoms with E-state index in [1.807, 2.05) is 18.2 Å². The standard InChI is InChI=1S/C14H16Cl2N2S/c1-18(9-10-5-6-14(16)19-10)13-4-2-3-12(15)11(13)7-8-17/h2-6H,7-9,17H2,1H3. The minimum Gasteiger partial charge on any atom is -0.369 e. The number of nitrogens with zero attached hydrogens (tertiary/aromatic N) is 1. The zero-order chi connectivity index (χ0) is 13.8. The van der Waals surface area contributed by atoms with Crippen molar-refractivity contribution in [2.75, 3.05) is 18.5 Å². The average Bonchev–Trinajstić information content (AvgIpc) is 2.77. The van der Waals surface area contributed by atoms with E-state index in [0.717, 1.165) is 33.6 Å². The highest BCUT2D eigenvalue weighted by atomic mass is 35.5. The van der Waals surface area contributed by atoms with E-state index in [1.54, 1.807) is 11.3 Å². The number of hydrogen-bond donors (Lipinski definition) is 1. The molecule has 0 saturated heterocycles. The Morgan fingerprint density at radius 3 is 2.63 bits per heavy atom. The van der Waals surface area contributed by atoms with Crippen molar-refractivity contribution in [3.05, 3.63) is 50.1 Å². The van der Waals surface area contributed by atoms with Gasteiger partial charge in [-0.05, 0) is 42.8 Å². The second-order valence-corrected chi connectivity index (χ2v) is 6.54. The van der Waals surface area contributed by atoms with Gasteiger partial charge in [0.15, 0.2) is 0 Å². The molecule has 2 aromatic rings. The second kappa shape index (κ2) is 6.62. The van der Waals surface area contributed by atoms with Crippen LogP contribution in [0, 0.1) is 0 Å². The SMILES string of the molecule is CN(Cc1ccc(Cl)s1)c1cccc(Cl)c1CCN. The van der Waals surface area contributed by atoms with Gasteiger partial charge in [0.1, 0.15) is 0 Å². The van der Waals surface area contributed by atoms with E-state index in [9.17, 15) is 0 Å². The van der Waals surface area contributed by atoms with Crippen LogP contribution in [0.25, 0.3) is 0 Å². The van der Waals surface area contributed by atoms with E-state index in [-0.39, 0.29) is 0 Å². The van der Waals surface area contributed by atoms with Gasteiger partial charge < -0.3 is 10.6 Å². The summed E-state index contributed by atoms with van der Waals surface area (Å²) in [6, 6.07) is 9.93. The molecule has 102 valence electrons. The number of thiophene rings is 1. The van der Waals surface area contributed by atoms with Crippen molar-refractivity contribution in [1.82, 2.24) is 0 Å². The highest BCUT2D eigenvalue weighted by Gasteiger charge is 2.11. The maximum absolute atomic E-state index is 6.26. The van der Waals surface area contributed by atoms with E-state index < -0.39 is 0 Å². The summed E-state index contributed by atoms with van der Waals surface area (Å²) >= 11 is 13.8. The number of halogens is 2. The molecule has 1 aromatic carbocycles. The first-order chi connectivity index (χ1) is 9.11. The smallest absolute Gasteiger partial charge is 0.0931 e. The van der Waals surface area contributed by atoms with Crippen LogP contribution in [-0.2, 0) is 13.0 Å². The van der Waals surface area contributed by atoms with Gasteiger partial charge in [0.25, 0.3) is 0 Å². The highest BCUT2D eigenvalue weighted by Crippen LogP contribution is 2.30. The predicted molar refractivity (Wildman–Crippen MR) is 85.6 cm³/mol. The monoisotopic (exact) mass is 314 g/mol. The van der Waals surface area contributed by atoms with Crippen LogP contribution in [0.4, 0.5) is 5.69 Å². The van der Waals surface area contributed by atoms with Crippen LogP contribution >= 0.6 is 34.5 Å². The van der Waals surface area contributed by atoms with E-state index in [2.05, 4.69) is 24.1 Å². The summed E-state index contributed by atoms with van der Waals surface area (Å²) in [5.41, 5.74) is 7.90. The lowest BCUT2D eigenvalue weighted by molar-refractivity contribution is 0.903. The molecule has 5 heteroatoms. The Bertz CT molecular complexity index is 554. The number of hydrogen-bond acceptors (Lipinski definition) is 3. The third kappa shape index (κ3) is 3.63. The van der Waals surface area contributed by atoms with Gasteiger partial charge >= 0.3 is 0 Å². The van der Waals surface area contributed by atoms with E-state index >= 15 is 0 Å². The lowest BCUT2D eigenvalue weighted by Crippen LogP contribution is -2.18. The fourth-order valence-corrected chi connectivity index (χ4v) is 3.46. The molecule has 1 aromatic heterocycles. The maximum atomic E-state index is 6.26. The molecule has 0 aliphatic heterocycles. The Morgan fingerprint density at radius 1 is 1.21 bits per heavy atom. The zero-order valence-corrected chi connectivity index (χ0v) is 13.0. The third-order valence-electron chi connectivity index (χ3n) is 2.92. The van der Waals surface area contributed by atoms with Gasteiger partial charge in [0.05, 0.1) is 10.9 Å². The van der Waals surface area contributed by atoms with Crippen LogP contribution in [0.2, 0.25) is 9.36 Å². The van der Waals surface area contributed by atoms with Crippen LogP contribution in [0.5, 0.6) is 0 Å². The summed E-state index contributed by atoms with van der Waals surface area (Å²) in [6.07, 6.45) is 0.782. The molecule has 0 amide bonds. The Kier molecular flexibility index (Phi) is 5.11. The summed E-state index contributed by atoms with van der Waals surface area (Å²) in [6.45, 7) is 1.41. The summed E-state index contributed by atoms with van der Waals surface area (Å²) in [4.78, 5) is 3.41. The van der Waals surface area contributed by atoms with E-state index in [4.69, 9.17) is 28.9 Å². The Morgan fingerprint density at radius 2 is 2.00 bits per heavy atom. The molecular formula is C14H16Cl2N2S. The second-order valence-electron chi connectivity index (χ2n) is 4.34. The third-order valence-corrected chi connectivity index (χ3v) is 4.49. The van der Waals surface area contributed by atoms with Crippen LogP contribution in [-0.4, -0.2) is 13.6 Å². The lowest BCUT2D eigenvalue weighted by Gasteiger charge is -2.22. The molecule has 2 nitrogen and oxygen atoms in total. The topological polar surface area (TPSA) is 29.3 Å². The van der Waals surface area contributed by atoms with Crippen molar-refractivity contribution in [1.29, 1.82) is 0 Å². The molecule has 0 unspecified atom stereocenters. The number of benzene rings is 1. The normalized spacial score (nSPS) is 10.7. The van der Waals surface area contributed by atoms with Crippen LogP contribution < -0.4 is 10.6 Å². The van der Waals surface area contributed by atoms with Crippen LogP contribution in [0.15, 0.2) is 30.3 Å².